The minimum Gasteiger partial charge on any atom is -0.299 e. The Morgan fingerprint density at radius 2 is 1.94 bits per heavy atom. The van der Waals surface area contributed by atoms with Crippen molar-refractivity contribution >= 4 is 0 Å². The number of allylic oxidation sites excluding steroid dienone is 2. The van der Waals surface area contributed by atoms with E-state index in [4.69, 9.17) is 0 Å². The highest BCUT2D eigenvalue weighted by Crippen LogP contribution is 2.29. The average molecular weight is 214 g/mol. The van der Waals surface area contributed by atoms with E-state index in [2.05, 4.69) is 54.3 Å². The molecule has 1 aromatic heterocycles. The summed E-state index contributed by atoms with van der Waals surface area (Å²) in [6.07, 6.45) is 12.9. The van der Waals surface area contributed by atoms with Crippen molar-refractivity contribution in [2.45, 2.75) is 18.9 Å². The van der Waals surface area contributed by atoms with Crippen LogP contribution >= 0.6 is 0 Å². The summed E-state index contributed by atoms with van der Waals surface area (Å²) in [5.41, 5.74) is 2.69. The molecule has 0 fully saturated rings. The summed E-state index contributed by atoms with van der Waals surface area (Å²) in [6, 6.07) is 4.53. The van der Waals surface area contributed by atoms with E-state index in [1.54, 1.807) is 0 Å². The topological polar surface area (TPSA) is 16.1 Å². The van der Waals surface area contributed by atoms with Crippen molar-refractivity contribution in [3.63, 3.8) is 0 Å². The molecule has 0 aliphatic heterocycles. The molecule has 84 valence electrons. The van der Waals surface area contributed by atoms with Gasteiger partial charge in [-0.2, -0.15) is 0 Å². The van der Waals surface area contributed by atoms with Crippen LogP contribution in [-0.4, -0.2) is 24.0 Å². The van der Waals surface area contributed by atoms with Crippen molar-refractivity contribution in [1.82, 2.24) is 9.88 Å². The van der Waals surface area contributed by atoms with Crippen LogP contribution in [-0.2, 0) is 0 Å². The van der Waals surface area contributed by atoms with Gasteiger partial charge < -0.3 is 0 Å². The zero-order valence-electron chi connectivity index (χ0n) is 9.93. The molecule has 1 aliphatic carbocycles. The SMILES string of the molecule is CN(C)C(C1=CCCC=C1)c1ccncc1. The Bertz CT molecular complexity index is 390. The molecule has 0 saturated carbocycles. The second-order valence-corrected chi connectivity index (χ2v) is 4.33. The van der Waals surface area contributed by atoms with Crippen LogP contribution < -0.4 is 0 Å². The first-order chi connectivity index (χ1) is 7.79. The Balaban J connectivity index is 2.31. The van der Waals surface area contributed by atoms with Gasteiger partial charge in [0.15, 0.2) is 0 Å². The van der Waals surface area contributed by atoms with Gasteiger partial charge in [0.2, 0.25) is 0 Å². The predicted molar refractivity (Wildman–Crippen MR) is 67.1 cm³/mol. The van der Waals surface area contributed by atoms with Crippen molar-refractivity contribution in [2.24, 2.45) is 0 Å². The maximum absolute atomic E-state index is 4.08. The third-order valence-electron chi connectivity index (χ3n) is 2.88. The molecule has 0 spiro atoms. The first-order valence-corrected chi connectivity index (χ1v) is 5.72. The Kier molecular flexibility index (Phi) is 3.52. The molecule has 1 atom stereocenters. The smallest absolute Gasteiger partial charge is 0.0594 e. The molecule has 0 saturated heterocycles. The fourth-order valence-corrected chi connectivity index (χ4v) is 2.17. The van der Waals surface area contributed by atoms with E-state index >= 15 is 0 Å². The lowest BCUT2D eigenvalue weighted by Crippen LogP contribution is -2.21. The number of aromatic nitrogens is 1. The van der Waals surface area contributed by atoms with Crippen molar-refractivity contribution in [3.8, 4) is 0 Å². The standard InChI is InChI=1S/C14H18N2/c1-16(2)14(12-6-4-3-5-7-12)13-8-10-15-11-9-13/h4,6-11,14H,3,5H2,1-2H3. The molecule has 1 unspecified atom stereocenters. The quantitative estimate of drug-likeness (QED) is 0.769. The van der Waals surface area contributed by atoms with E-state index in [0.717, 1.165) is 6.42 Å². The fourth-order valence-electron chi connectivity index (χ4n) is 2.17. The molecule has 0 radical (unpaired) electrons. The fraction of sp³-hybridized carbons (Fsp3) is 0.357. The van der Waals surface area contributed by atoms with Gasteiger partial charge in [0, 0.05) is 12.4 Å². The Labute approximate surface area is 97.3 Å². The van der Waals surface area contributed by atoms with Gasteiger partial charge in [0.25, 0.3) is 0 Å². The van der Waals surface area contributed by atoms with Crippen LogP contribution in [0.1, 0.15) is 24.4 Å². The maximum Gasteiger partial charge on any atom is 0.0594 e. The van der Waals surface area contributed by atoms with Crippen LogP contribution in [0.25, 0.3) is 0 Å². The van der Waals surface area contributed by atoms with E-state index < -0.39 is 0 Å². The molecular weight excluding hydrogens is 196 g/mol. The highest BCUT2D eigenvalue weighted by atomic mass is 15.1. The molecule has 2 heteroatoms. The van der Waals surface area contributed by atoms with Gasteiger partial charge >= 0.3 is 0 Å². The van der Waals surface area contributed by atoms with Crippen LogP contribution in [0.4, 0.5) is 0 Å². The molecule has 0 aromatic carbocycles. The number of hydrogen-bond acceptors (Lipinski definition) is 2. The molecule has 0 amide bonds. The Morgan fingerprint density at radius 1 is 1.19 bits per heavy atom. The van der Waals surface area contributed by atoms with Crippen molar-refractivity contribution in [2.75, 3.05) is 14.1 Å². The lowest BCUT2D eigenvalue weighted by atomic mass is 9.94. The monoisotopic (exact) mass is 214 g/mol. The van der Waals surface area contributed by atoms with Crippen LogP contribution in [0.5, 0.6) is 0 Å². The van der Waals surface area contributed by atoms with E-state index in [1.165, 1.54) is 17.6 Å². The molecule has 1 aliphatic rings. The van der Waals surface area contributed by atoms with Crippen LogP contribution in [0.2, 0.25) is 0 Å². The number of rotatable bonds is 3. The van der Waals surface area contributed by atoms with Crippen molar-refractivity contribution in [3.05, 3.63) is 53.9 Å². The van der Waals surface area contributed by atoms with Crippen molar-refractivity contribution in [1.29, 1.82) is 0 Å². The summed E-state index contributed by atoms with van der Waals surface area (Å²) < 4.78 is 0. The van der Waals surface area contributed by atoms with Gasteiger partial charge in [-0.05, 0) is 50.2 Å². The molecule has 2 rings (SSSR count). The van der Waals surface area contributed by atoms with E-state index in [-0.39, 0.29) is 0 Å². The van der Waals surface area contributed by atoms with E-state index in [0.29, 0.717) is 6.04 Å². The van der Waals surface area contributed by atoms with Crippen molar-refractivity contribution < 1.29 is 0 Å². The molecule has 0 N–H and O–H groups in total. The lowest BCUT2D eigenvalue weighted by molar-refractivity contribution is 0.340. The predicted octanol–water partition coefficient (Wildman–Crippen LogP) is 2.96. The molecule has 1 aromatic rings. The summed E-state index contributed by atoms with van der Waals surface area (Å²) in [4.78, 5) is 6.32. The third kappa shape index (κ3) is 2.39. The molecule has 1 heterocycles. The summed E-state index contributed by atoms with van der Waals surface area (Å²) in [5, 5.41) is 0. The van der Waals surface area contributed by atoms with E-state index in [9.17, 15) is 0 Å². The number of likely N-dealkylation sites (N-methyl/N-ethyl adjacent to an activating group) is 1. The second kappa shape index (κ2) is 5.08. The highest BCUT2D eigenvalue weighted by molar-refractivity contribution is 5.34. The summed E-state index contributed by atoms with van der Waals surface area (Å²) in [5.74, 6) is 0. The van der Waals surface area contributed by atoms with Crippen LogP contribution in [0, 0.1) is 0 Å². The van der Waals surface area contributed by atoms with E-state index in [1.807, 2.05) is 12.4 Å². The third-order valence-corrected chi connectivity index (χ3v) is 2.88. The van der Waals surface area contributed by atoms with Crippen LogP contribution in [0.3, 0.4) is 0 Å². The first kappa shape index (κ1) is 11.1. The molecule has 0 bridgehead atoms. The van der Waals surface area contributed by atoms with Gasteiger partial charge in [-0.25, -0.2) is 0 Å². The second-order valence-electron chi connectivity index (χ2n) is 4.33. The maximum atomic E-state index is 4.08. The number of hydrogen-bond donors (Lipinski definition) is 0. The number of nitrogens with zero attached hydrogens (tertiary/aromatic N) is 2. The number of pyridine rings is 1. The average Bonchev–Trinajstić information content (AvgIpc) is 2.31. The summed E-state index contributed by atoms with van der Waals surface area (Å²) in [6.45, 7) is 0. The zero-order chi connectivity index (χ0) is 11.4. The Morgan fingerprint density at radius 3 is 2.50 bits per heavy atom. The lowest BCUT2D eigenvalue weighted by Gasteiger charge is -2.27. The molecule has 16 heavy (non-hydrogen) atoms. The molecule has 2 nitrogen and oxygen atoms in total. The summed E-state index contributed by atoms with van der Waals surface area (Å²) >= 11 is 0. The normalized spacial score (nSPS) is 17.3. The summed E-state index contributed by atoms with van der Waals surface area (Å²) in [7, 11) is 4.24. The largest absolute Gasteiger partial charge is 0.299 e. The Hall–Kier alpha value is -1.41. The van der Waals surface area contributed by atoms with Gasteiger partial charge in [-0.15, -0.1) is 0 Å². The minimum absolute atomic E-state index is 0.347. The molecular formula is C14H18N2. The first-order valence-electron chi connectivity index (χ1n) is 5.72. The van der Waals surface area contributed by atoms with Gasteiger partial charge in [-0.1, -0.05) is 18.2 Å². The highest BCUT2D eigenvalue weighted by Gasteiger charge is 2.17. The van der Waals surface area contributed by atoms with Gasteiger partial charge in [0.1, 0.15) is 0 Å². The minimum atomic E-state index is 0.347. The van der Waals surface area contributed by atoms with Crippen LogP contribution in [0.15, 0.2) is 48.3 Å². The van der Waals surface area contributed by atoms with Gasteiger partial charge in [-0.3, -0.25) is 9.88 Å². The van der Waals surface area contributed by atoms with Gasteiger partial charge in [0.05, 0.1) is 6.04 Å². The zero-order valence-corrected chi connectivity index (χ0v) is 9.93.